The number of anilines is 6. The molecular formula is C88H60N2O2. The minimum Gasteiger partial charge on any atom is -0.455 e. The Bertz CT molecular complexity index is 5660. The lowest BCUT2D eigenvalue weighted by Gasteiger charge is -2.32. The first kappa shape index (κ1) is 53.3. The molecule has 0 atom stereocenters. The molecule has 0 spiro atoms. The van der Waals surface area contributed by atoms with Crippen molar-refractivity contribution in [2.75, 3.05) is 9.80 Å². The number of rotatable bonds is 9. The smallest absolute Gasteiger partial charge is 0.143 e. The predicted octanol–water partition coefficient (Wildman–Crippen LogP) is 25.6. The van der Waals surface area contributed by atoms with Crippen LogP contribution in [0.1, 0.15) is 22.3 Å². The number of hydrogen-bond donors (Lipinski definition) is 0. The fraction of sp³-hybridized carbons (Fsp3) is 0.0455. The lowest BCUT2D eigenvalue weighted by Crippen LogP contribution is -2.14. The highest BCUT2D eigenvalue weighted by molar-refractivity contribution is 6.27. The molecule has 16 aromatic carbocycles. The summed E-state index contributed by atoms with van der Waals surface area (Å²) in [5.41, 5.74) is 21.2. The van der Waals surface area contributed by atoms with Crippen LogP contribution in [-0.2, 0) is 0 Å². The second-order valence-electron chi connectivity index (χ2n) is 24.8. The minimum absolute atomic E-state index is 0.880. The van der Waals surface area contributed by atoms with Crippen LogP contribution in [0.2, 0.25) is 0 Å². The van der Waals surface area contributed by atoms with Gasteiger partial charge in [-0.25, -0.2) is 0 Å². The van der Waals surface area contributed by atoms with Gasteiger partial charge in [-0.2, -0.15) is 0 Å². The van der Waals surface area contributed by atoms with E-state index >= 15 is 0 Å². The van der Waals surface area contributed by atoms with Crippen LogP contribution in [0.4, 0.5) is 34.1 Å². The van der Waals surface area contributed by atoms with Crippen molar-refractivity contribution in [1.29, 1.82) is 0 Å². The van der Waals surface area contributed by atoms with Gasteiger partial charge in [0.15, 0.2) is 0 Å². The van der Waals surface area contributed by atoms with Crippen LogP contribution in [-0.4, -0.2) is 0 Å². The highest BCUT2D eigenvalue weighted by Crippen LogP contribution is 2.52. The molecule has 434 valence electrons. The average Bonchev–Trinajstić information content (AvgIpc) is 1.29. The number of para-hydroxylation sites is 6. The first-order chi connectivity index (χ1) is 45.3. The molecule has 0 bridgehead atoms. The predicted molar refractivity (Wildman–Crippen MR) is 391 cm³/mol. The number of hydrogen-bond acceptors (Lipinski definition) is 4. The molecule has 0 N–H and O–H groups in total. The van der Waals surface area contributed by atoms with Gasteiger partial charge in [-0.05, 0) is 186 Å². The summed E-state index contributed by atoms with van der Waals surface area (Å²) < 4.78 is 13.6. The fourth-order valence-electron chi connectivity index (χ4n) is 15.3. The average molecular weight is 1180 g/mol. The van der Waals surface area contributed by atoms with E-state index in [4.69, 9.17) is 8.83 Å². The Labute approximate surface area is 532 Å². The molecule has 0 saturated heterocycles. The zero-order chi connectivity index (χ0) is 61.3. The molecule has 0 saturated carbocycles. The fourth-order valence-corrected chi connectivity index (χ4v) is 15.3. The summed E-state index contributed by atoms with van der Waals surface area (Å²) in [5, 5.41) is 19.3. The molecule has 18 aromatic rings. The van der Waals surface area contributed by atoms with Crippen LogP contribution in [0.15, 0.2) is 300 Å². The Balaban J connectivity index is 0.818. The summed E-state index contributed by atoms with van der Waals surface area (Å²) in [5.74, 6) is 0. The molecule has 0 radical (unpaired) electrons. The summed E-state index contributed by atoms with van der Waals surface area (Å²) in [4.78, 5) is 5.00. The van der Waals surface area contributed by atoms with Gasteiger partial charge >= 0.3 is 0 Å². The summed E-state index contributed by atoms with van der Waals surface area (Å²) in [6.07, 6.45) is 0. The van der Waals surface area contributed by atoms with Crippen LogP contribution >= 0.6 is 0 Å². The lowest BCUT2D eigenvalue weighted by atomic mass is 9.92. The van der Waals surface area contributed by atoms with Gasteiger partial charge in [0.1, 0.15) is 22.3 Å². The van der Waals surface area contributed by atoms with Gasteiger partial charge < -0.3 is 18.6 Å². The molecule has 4 nitrogen and oxygen atoms in total. The quantitative estimate of drug-likeness (QED) is 0.135. The second-order valence-corrected chi connectivity index (χ2v) is 24.8. The number of nitrogens with zero attached hydrogens (tertiary/aromatic N) is 2. The van der Waals surface area contributed by atoms with Crippen molar-refractivity contribution in [3.05, 3.63) is 313 Å². The van der Waals surface area contributed by atoms with Gasteiger partial charge in [-0.3, -0.25) is 0 Å². The molecule has 0 aliphatic rings. The normalized spacial score (nSPS) is 11.9. The standard InChI is InChI=1S/C88H60N2O2/c1-53-21-17-33-73(77-37-19-35-75-71-31-13-15-39-83(71)91-87(75)77)85(53)89(59-43-45-69-65-27-7-5-23-61(65)63-25-9-11-29-67(63)79(69)51-59)81-47-41-57(49-55(81)3)58-42-48-82(56(4)50-58)90(60-44-46-70-66-28-8-6-24-62(66)64-26-10-12-30-68(64)80(70)52-60)86-54(2)22-18-34-74(86)78-38-20-36-76-72-32-14-16-40-84(72)92-88(76)78/h5-52H,1-4H3. The molecule has 0 unspecified atom stereocenters. The highest BCUT2D eigenvalue weighted by atomic mass is 16.3. The maximum atomic E-state index is 6.82. The third-order valence-corrected chi connectivity index (χ3v) is 19.5. The van der Waals surface area contributed by atoms with Crippen LogP contribution < -0.4 is 9.80 Å². The van der Waals surface area contributed by atoms with Crippen LogP contribution in [0.5, 0.6) is 0 Å². The van der Waals surface area contributed by atoms with E-state index in [1.807, 2.05) is 0 Å². The SMILES string of the molecule is Cc1cc(-c2ccc(N(c3ccc4c5ccccc5c5ccccc5c4c3)c3c(C)cccc3-c3cccc4c3oc3ccccc34)c(C)c2)ccc1N(c1ccc2c3ccccc3c3ccccc3c2c1)c1c(C)cccc1-c1cccc2c1oc1ccccc12. The van der Waals surface area contributed by atoms with Crippen LogP contribution in [0, 0.1) is 27.7 Å². The maximum Gasteiger partial charge on any atom is 0.143 e. The van der Waals surface area contributed by atoms with Gasteiger partial charge in [0.05, 0.1) is 11.4 Å². The summed E-state index contributed by atoms with van der Waals surface area (Å²) in [6.45, 7) is 9.03. The van der Waals surface area contributed by atoms with Crippen molar-refractivity contribution >= 4 is 143 Å². The molecule has 0 fully saturated rings. The van der Waals surface area contributed by atoms with E-state index in [1.165, 1.54) is 64.6 Å². The third kappa shape index (κ3) is 8.23. The van der Waals surface area contributed by atoms with Crippen molar-refractivity contribution in [3.63, 3.8) is 0 Å². The molecule has 0 aliphatic heterocycles. The van der Waals surface area contributed by atoms with Crippen molar-refractivity contribution in [3.8, 4) is 33.4 Å². The summed E-state index contributed by atoms with van der Waals surface area (Å²) >= 11 is 0. The highest BCUT2D eigenvalue weighted by Gasteiger charge is 2.27. The third-order valence-electron chi connectivity index (χ3n) is 19.5. The van der Waals surface area contributed by atoms with E-state index in [0.29, 0.717) is 0 Å². The molecule has 0 amide bonds. The number of furan rings is 2. The maximum absolute atomic E-state index is 6.82. The Hall–Kier alpha value is -11.7. The number of benzene rings is 16. The Kier molecular flexibility index (Phi) is 12.1. The van der Waals surface area contributed by atoms with E-state index < -0.39 is 0 Å². The van der Waals surface area contributed by atoms with Gasteiger partial charge in [0.25, 0.3) is 0 Å². The topological polar surface area (TPSA) is 32.8 Å². The van der Waals surface area contributed by atoms with Crippen molar-refractivity contribution in [1.82, 2.24) is 0 Å². The van der Waals surface area contributed by atoms with Gasteiger partial charge in [0.2, 0.25) is 0 Å². The monoisotopic (exact) mass is 1180 g/mol. The van der Waals surface area contributed by atoms with E-state index in [2.05, 4.69) is 329 Å². The number of aryl methyl sites for hydroxylation is 4. The summed E-state index contributed by atoms with van der Waals surface area (Å²) in [7, 11) is 0. The zero-order valence-electron chi connectivity index (χ0n) is 51.4. The largest absolute Gasteiger partial charge is 0.455 e. The molecule has 2 heterocycles. The van der Waals surface area contributed by atoms with Gasteiger partial charge in [-0.1, -0.05) is 231 Å². The molecule has 2 aromatic heterocycles. The minimum atomic E-state index is 0.880. The second kappa shape index (κ2) is 20.9. The summed E-state index contributed by atoms with van der Waals surface area (Å²) in [6, 6.07) is 107. The van der Waals surface area contributed by atoms with E-state index in [-0.39, 0.29) is 0 Å². The molecule has 92 heavy (non-hydrogen) atoms. The van der Waals surface area contributed by atoms with E-state index in [0.717, 1.165) is 134 Å². The van der Waals surface area contributed by atoms with E-state index in [1.54, 1.807) is 0 Å². The Morgan fingerprint density at radius 2 is 0.522 bits per heavy atom. The Morgan fingerprint density at radius 3 is 0.891 bits per heavy atom. The zero-order valence-corrected chi connectivity index (χ0v) is 51.4. The lowest BCUT2D eigenvalue weighted by molar-refractivity contribution is 0.669. The number of fused-ring (bicyclic) bond motifs is 18. The van der Waals surface area contributed by atoms with Gasteiger partial charge in [0, 0.05) is 66.5 Å². The van der Waals surface area contributed by atoms with Crippen molar-refractivity contribution in [2.45, 2.75) is 27.7 Å². The van der Waals surface area contributed by atoms with Crippen molar-refractivity contribution < 1.29 is 8.83 Å². The first-order valence-corrected chi connectivity index (χ1v) is 31.8. The van der Waals surface area contributed by atoms with Crippen LogP contribution in [0.25, 0.3) is 142 Å². The van der Waals surface area contributed by atoms with Crippen LogP contribution in [0.3, 0.4) is 0 Å². The molecular weight excluding hydrogens is 1120 g/mol. The first-order valence-electron chi connectivity index (χ1n) is 31.8. The molecule has 18 rings (SSSR count). The van der Waals surface area contributed by atoms with E-state index in [9.17, 15) is 0 Å². The molecule has 4 heteroatoms. The van der Waals surface area contributed by atoms with Gasteiger partial charge in [-0.15, -0.1) is 0 Å². The Morgan fingerprint density at radius 1 is 0.217 bits per heavy atom. The van der Waals surface area contributed by atoms with Crippen molar-refractivity contribution in [2.24, 2.45) is 0 Å². The molecule has 0 aliphatic carbocycles.